The van der Waals surface area contributed by atoms with E-state index in [-0.39, 0.29) is 17.7 Å². The zero-order valence-electron chi connectivity index (χ0n) is 12.7. The zero-order chi connectivity index (χ0) is 15.0. The molecule has 3 rings (SSSR count). The third-order valence-electron chi connectivity index (χ3n) is 5.63. The van der Waals surface area contributed by atoms with Gasteiger partial charge >= 0.3 is 0 Å². The van der Waals surface area contributed by atoms with Gasteiger partial charge in [0, 0.05) is 26.1 Å². The van der Waals surface area contributed by atoms with E-state index in [2.05, 4.69) is 6.07 Å². The Labute approximate surface area is 125 Å². The predicted octanol–water partition coefficient (Wildman–Crippen LogP) is 1.68. The summed E-state index contributed by atoms with van der Waals surface area (Å²) in [6.45, 7) is 0.550. The molecule has 3 aliphatic rings. The molecule has 0 spiro atoms. The van der Waals surface area contributed by atoms with Gasteiger partial charge in [0.15, 0.2) is 0 Å². The van der Waals surface area contributed by atoms with E-state index < -0.39 is 5.54 Å². The van der Waals surface area contributed by atoms with E-state index in [4.69, 9.17) is 0 Å². The van der Waals surface area contributed by atoms with Crippen LogP contribution >= 0.6 is 0 Å². The van der Waals surface area contributed by atoms with Gasteiger partial charge in [0.1, 0.15) is 5.54 Å². The Balaban J connectivity index is 1.66. The van der Waals surface area contributed by atoms with Gasteiger partial charge in [0.25, 0.3) is 0 Å². The normalized spacial score (nSPS) is 28.3. The molecule has 114 valence electrons. The first kappa shape index (κ1) is 14.4. The number of hydrogen-bond acceptors (Lipinski definition) is 3. The highest BCUT2D eigenvalue weighted by Gasteiger charge is 2.47. The number of nitriles is 1. The Hall–Kier alpha value is -1.57. The monoisotopic (exact) mass is 289 g/mol. The smallest absolute Gasteiger partial charge is 0.229 e. The molecule has 2 saturated carbocycles. The number of rotatable bonds is 3. The van der Waals surface area contributed by atoms with E-state index in [1.165, 1.54) is 12.8 Å². The third kappa shape index (κ3) is 2.31. The summed E-state index contributed by atoms with van der Waals surface area (Å²) in [4.78, 5) is 28.4. The summed E-state index contributed by atoms with van der Waals surface area (Å²) in [5, 5.41) is 9.35. The van der Waals surface area contributed by atoms with Gasteiger partial charge in [0.05, 0.1) is 12.0 Å². The Kier molecular flexibility index (Phi) is 3.64. The van der Waals surface area contributed by atoms with Gasteiger partial charge in [-0.15, -0.1) is 0 Å². The number of carbonyl (C=O) groups excluding carboxylic acids is 2. The lowest BCUT2D eigenvalue weighted by Gasteiger charge is -2.43. The van der Waals surface area contributed by atoms with Crippen molar-refractivity contribution in [1.29, 1.82) is 5.26 Å². The van der Waals surface area contributed by atoms with Gasteiger partial charge in [-0.1, -0.05) is 12.8 Å². The summed E-state index contributed by atoms with van der Waals surface area (Å²) in [6, 6.07) is 2.65. The quantitative estimate of drug-likeness (QED) is 0.794. The maximum atomic E-state index is 12.6. The van der Waals surface area contributed by atoms with Crippen LogP contribution in [0.5, 0.6) is 0 Å². The number of likely N-dealkylation sites (tertiary alicyclic amines) is 1. The molecule has 3 fully saturated rings. The second-order valence-electron chi connectivity index (χ2n) is 6.78. The Bertz CT molecular complexity index is 486. The number of hydrogen-bond donors (Lipinski definition) is 0. The van der Waals surface area contributed by atoms with Gasteiger partial charge in [-0.2, -0.15) is 5.26 Å². The summed E-state index contributed by atoms with van der Waals surface area (Å²) < 4.78 is 0. The minimum Gasteiger partial charge on any atom is -0.339 e. The summed E-state index contributed by atoms with van der Waals surface area (Å²) >= 11 is 0. The first-order chi connectivity index (χ1) is 10.1. The molecular weight excluding hydrogens is 266 g/mol. The molecule has 2 amide bonds. The maximum absolute atomic E-state index is 12.6. The van der Waals surface area contributed by atoms with E-state index in [1.807, 2.05) is 4.90 Å². The first-order valence-corrected chi connectivity index (χ1v) is 8.06. The molecule has 0 bridgehead atoms. The van der Waals surface area contributed by atoms with Crippen LogP contribution in [0.15, 0.2) is 0 Å². The van der Waals surface area contributed by atoms with Gasteiger partial charge in [-0.05, 0) is 32.1 Å². The molecule has 0 aromatic carbocycles. The molecule has 21 heavy (non-hydrogen) atoms. The van der Waals surface area contributed by atoms with Crippen molar-refractivity contribution < 1.29 is 9.59 Å². The molecule has 5 nitrogen and oxygen atoms in total. The molecule has 0 aromatic heterocycles. The molecule has 2 aliphatic carbocycles. The second-order valence-corrected chi connectivity index (χ2v) is 6.78. The highest BCUT2D eigenvalue weighted by atomic mass is 16.2. The van der Waals surface area contributed by atoms with E-state index >= 15 is 0 Å². The summed E-state index contributed by atoms with van der Waals surface area (Å²) in [5.41, 5.74) is -0.610. The molecule has 0 unspecified atom stereocenters. The van der Waals surface area contributed by atoms with Crippen LogP contribution in [0.4, 0.5) is 0 Å². The topological polar surface area (TPSA) is 64.4 Å². The van der Waals surface area contributed by atoms with Crippen molar-refractivity contribution >= 4 is 11.8 Å². The fourth-order valence-corrected chi connectivity index (χ4v) is 3.98. The van der Waals surface area contributed by atoms with Gasteiger partial charge in [-0.25, -0.2) is 0 Å². The minimum atomic E-state index is -0.610. The van der Waals surface area contributed by atoms with Crippen molar-refractivity contribution in [2.75, 3.05) is 13.6 Å². The standard InChI is InChI=1S/C16H23N3O2/c1-18(16(11-17)7-4-8-16)15(21)12-9-14(20)19(10-12)13-5-2-3-6-13/h12-13H,2-10H2,1H3/t12-/m1/s1. The summed E-state index contributed by atoms with van der Waals surface area (Å²) in [5.74, 6) is -0.160. The molecule has 1 saturated heterocycles. The van der Waals surface area contributed by atoms with Crippen molar-refractivity contribution in [3.63, 3.8) is 0 Å². The minimum absolute atomic E-state index is 0.0231. The lowest BCUT2D eigenvalue weighted by Crippen LogP contribution is -2.55. The lowest BCUT2D eigenvalue weighted by atomic mass is 9.76. The van der Waals surface area contributed by atoms with E-state index in [0.29, 0.717) is 19.0 Å². The Morgan fingerprint density at radius 3 is 2.52 bits per heavy atom. The lowest BCUT2D eigenvalue weighted by molar-refractivity contribution is -0.140. The van der Waals surface area contributed by atoms with Crippen molar-refractivity contribution in [2.24, 2.45) is 5.92 Å². The highest BCUT2D eigenvalue weighted by molar-refractivity contribution is 5.90. The highest BCUT2D eigenvalue weighted by Crippen LogP contribution is 2.38. The molecular formula is C16H23N3O2. The third-order valence-corrected chi connectivity index (χ3v) is 5.63. The fraction of sp³-hybridized carbons (Fsp3) is 0.812. The summed E-state index contributed by atoms with van der Waals surface area (Å²) in [7, 11) is 1.73. The molecule has 1 heterocycles. The maximum Gasteiger partial charge on any atom is 0.229 e. The van der Waals surface area contributed by atoms with E-state index in [0.717, 1.165) is 32.1 Å². The van der Waals surface area contributed by atoms with Crippen LogP contribution in [0.25, 0.3) is 0 Å². The van der Waals surface area contributed by atoms with Crippen LogP contribution in [0.2, 0.25) is 0 Å². The average Bonchev–Trinajstić information content (AvgIpc) is 3.06. The number of amides is 2. The number of nitrogens with zero attached hydrogens (tertiary/aromatic N) is 3. The van der Waals surface area contributed by atoms with Crippen molar-refractivity contribution in [3.05, 3.63) is 0 Å². The molecule has 0 aromatic rings. The first-order valence-electron chi connectivity index (χ1n) is 8.06. The average molecular weight is 289 g/mol. The van der Waals surface area contributed by atoms with Crippen molar-refractivity contribution in [2.45, 2.75) is 62.9 Å². The molecule has 1 aliphatic heterocycles. The van der Waals surface area contributed by atoms with Crippen LogP contribution in [-0.4, -0.2) is 46.8 Å². The Morgan fingerprint density at radius 2 is 2.00 bits per heavy atom. The molecule has 1 atom stereocenters. The number of carbonyl (C=O) groups is 2. The zero-order valence-corrected chi connectivity index (χ0v) is 12.7. The van der Waals surface area contributed by atoms with Crippen LogP contribution < -0.4 is 0 Å². The van der Waals surface area contributed by atoms with Crippen LogP contribution in [-0.2, 0) is 9.59 Å². The summed E-state index contributed by atoms with van der Waals surface area (Å²) in [6.07, 6.45) is 7.37. The largest absolute Gasteiger partial charge is 0.339 e. The SMILES string of the molecule is CN(C(=O)[C@@H]1CC(=O)N(C2CCCC2)C1)C1(C#N)CCC1. The van der Waals surface area contributed by atoms with Crippen molar-refractivity contribution in [1.82, 2.24) is 9.80 Å². The Morgan fingerprint density at radius 1 is 1.33 bits per heavy atom. The fourth-order valence-electron chi connectivity index (χ4n) is 3.98. The van der Waals surface area contributed by atoms with Crippen molar-refractivity contribution in [3.8, 4) is 6.07 Å². The molecule has 5 heteroatoms. The van der Waals surface area contributed by atoms with Gasteiger partial charge < -0.3 is 9.80 Å². The van der Waals surface area contributed by atoms with E-state index in [1.54, 1.807) is 11.9 Å². The van der Waals surface area contributed by atoms with Gasteiger partial charge in [0.2, 0.25) is 11.8 Å². The molecule has 0 radical (unpaired) electrons. The van der Waals surface area contributed by atoms with Gasteiger partial charge in [-0.3, -0.25) is 9.59 Å². The van der Waals surface area contributed by atoms with E-state index in [9.17, 15) is 14.9 Å². The second kappa shape index (κ2) is 5.32. The molecule has 0 N–H and O–H groups in total. The van der Waals surface area contributed by atoms with Crippen LogP contribution in [0, 0.1) is 17.2 Å². The predicted molar refractivity (Wildman–Crippen MR) is 77.0 cm³/mol. The van der Waals surface area contributed by atoms with Crippen LogP contribution in [0.3, 0.4) is 0 Å². The van der Waals surface area contributed by atoms with Crippen LogP contribution in [0.1, 0.15) is 51.4 Å².